The number of hydrogen-bond donors (Lipinski definition) is 3. The van der Waals surface area contributed by atoms with Gasteiger partial charge in [0.2, 0.25) is 5.91 Å². The molecule has 0 aliphatic rings. The number of hydrogen-bond acceptors (Lipinski definition) is 4. The molecular weight excluding hydrogens is 392 g/mol. The van der Waals surface area contributed by atoms with E-state index in [-0.39, 0.29) is 24.3 Å². The van der Waals surface area contributed by atoms with Gasteiger partial charge >= 0.3 is 0 Å². The first kappa shape index (κ1) is 21.6. The van der Waals surface area contributed by atoms with Crippen molar-refractivity contribution in [2.75, 3.05) is 36.6 Å². The highest BCUT2D eigenvalue weighted by molar-refractivity contribution is 6.04. The maximum absolute atomic E-state index is 12.3. The molecule has 0 heterocycles. The van der Waals surface area contributed by atoms with Crippen molar-refractivity contribution in [1.29, 1.82) is 0 Å². The Kier molecular flexibility index (Phi) is 7.01. The normalized spacial score (nSPS) is 10.1. The Hall–Kier alpha value is -4.13. The molecule has 0 aromatic heterocycles. The van der Waals surface area contributed by atoms with Gasteiger partial charge in [-0.25, -0.2) is 0 Å². The van der Waals surface area contributed by atoms with Crippen molar-refractivity contribution in [2.45, 2.75) is 0 Å². The molecule has 0 aliphatic heterocycles. The van der Waals surface area contributed by atoms with Crippen LogP contribution in [0.25, 0.3) is 0 Å². The molecule has 0 unspecified atom stereocenters. The molecule has 3 aromatic carbocycles. The smallest absolute Gasteiger partial charge is 0.255 e. The molecule has 0 saturated carbocycles. The Morgan fingerprint density at radius 1 is 0.710 bits per heavy atom. The zero-order chi connectivity index (χ0) is 22.2. The summed E-state index contributed by atoms with van der Waals surface area (Å²) in [5.41, 5.74) is 2.92. The van der Waals surface area contributed by atoms with Crippen molar-refractivity contribution in [1.82, 2.24) is 4.90 Å². The van der Waals surface area contributed by atoms with Gasteiger partial charge in [0.15, 0.2) is 0 Å². The lowest BCUT2D eigenvalue weighted by Gasteiger charge is -2.12. The van der Waals surface area contributed by atoms with E-state index in [0.29, 0.717) is 28.2 Å². The minimum absolute atomic E-state index is 0.0297. The molecule has 0 radical (unpaired) electrons. The lowest BCUT2D eigenvalue weighted by molar-refractivity contribution is -0.114. The van der Waals surface area contributed by atoms with Crippen LogP contribution in [0.1, 0.15) is 20.7 Å². The second-order valence-electron chi connectivity index (χ2n) is 7.08. The molecule has 0 bridgehead atoms. The summed E-state index contributed by atoms with van der Waals surface area (Å²) in [7, 11) is 3.35. The summed E-state index contributed by atoms with van der Waals surface area (Å²) in [5, 5.41) is 8.64. The van der Waals surface area contributed by atoms with Gasteiger partial charge in [0.1, 0.15) is 0 Å². The topological polar surface area (TPSA) is 90.5 Å². The van der Waals surface area contributed by atoms with Gasteiger partial charge in [-0.2, -0.15) is 0 Å². The number of anilines is 3. The average molecular weight is 416 g/mol. The van der Waals surface area contributed by atoms with Crippen LogP contribution in [0.15, 0.2) is 78.9 Å². The predicted octanol–water partition coefficient (Wildman–Crippen LogP) is 3.69. The van der Waals surface area contributed by atoms with Crippen LogP contribution in [-0.4, -0.2) is 43.3 Å². The minimum Gasteiger partial charge on any atom is -0.376 e. The molecule has 3 amide bonds. The van der Waals surface area contributed by atoms with Crippen LogP contribution in [0.4, 0.5) is 17.1 Å². The van der Waals surface area contributed by atoms with E-state index in [0.717, 1.165) is 0 Å². The number of rotatable bonds is 7. The van der Waals surface area contributed by atoms with Crippen molar-refractivity contribution in [3.8, 4) is 0 Å². The zero-order valence-corrected chi connectivity index (χ0v) is 17.4. The fourth-order valence-electron chi connectivity index (χ4n) is 2.88. The summed E-state index contributed by atoms with van der Waals surface area (Å²) in [6.07, 6.45) is 0. The van der Waals surface area contributed by atoms with Crippen molar-refractivity contribution in [2.24, 2.45) is 0 Å². The van der Waals surface area contributed by atoms with Crippen molar-refractivity contribution >= 4 is 34.8 Å². The van der Waals surface area contributed by atoms with E-state index in [4.69, 9.17) is 0 Å². The summed E-state index contributed by atoms with van der Waals surface area (Å²) < 4.78 is 0. The molecule has 3 rings (SSSR count). The van der Waals surface area contributed by atoms with Crippen molar-refractivity contribution < 1.29 is 14.4 Å². The van der Waals surface area contributed by atoms with Crippen LogP contribution in [0, 0.1) is 0 Å². The number of benzene rings is 3. The molecule has 0 spiro atoms. The maximum atomic E-state index is 12.3. The van der Waals surface area contributed by atoms with Gasteiger partial charge in [0, 0.05) is 42.3 Å². The van der Waals surface area contributed by atoms with Crippen LogP contribution < -0.4 is 16.0 Å². The number of nitrogens with one attached hydrogen (secondary N) is 3. The second-order valence-corrected chi connectivity index (χ2v) is 7.08. The van der Waals surface area contributed by atoms with Gasteiger partial charge in [-0.3, -0.25) is 14.4 Å². The largest absolute Gasteiger partial charge is 0.376 e. The molecule has 3 N–H and O–H groups in total. The van der Waals surface area contributed by atoms with E-state index in [1.165, 1.54) is 4.90 Å². The molecule has 31 heavy (non-hydrogen) atoms. The van der Waals surface area contributed by atoms with E-state index in [9.17, 15) is 14.4 Å². The van der Waals surface area contributed by atoms with Crippen LogP contribution >= 0.6 is 0 Å². The molecule has 0 aliphatic carbocycles. The Balaban J connectivity index is 1.56. The van der Waals surface area contributed by atoms with E-state index >= 15 is 0 Å². The molecule has 0 saturated heterocycles. The summed E-state index contributed by atoms with van der Waals surface area (Å²) in [5.74, 6) is -0.598. The zero-order valence-electron chi connectivity index (χ0n) is 17.4. The monoisotopic (exact) mass is 416 g/mol. The molecule has 3 aromatic rings. The lowest BCUT2D eigenvalue weighted by atomic mass is 10.2. The summed E-state index contributed by atoms with van der Waals surface area (Å²) >= 11 is 0. The minimum atomic E-state index is -0.256. The quantitative estimate of drug-likeness (QED) is 0.548. The number of amides is 3. The highest BCUT2D eigenvalue weighted by atomic mass is 16.2. The van der Waals surface area contributed by atoms with Crippen LogP contribution in [-0.2, 0) is 4.79 Å². The van der Waals surface area contributed by atoms with E-state index < -0.39 is 0 Å². The third kappa shape index (κ3) is 6.17. The van der Waals surface area contributed by atoms with Gasteiger partial charge in [-0.1, -0.05) is 30.3 Å². The SMILES string of the molecule is CN(C)C(=O)c1cccc(NC(=O)CNc2cccc(NC(=O)c3ccccc3)c2)c1. The molecule has 7 heteroatoms. The number of nitrogens with zero attached hydrogens (tertiary/aromatic N) is 1. The number of carbonyl (C=O) groups excluding carboxylic acids is 3. The average Bonchev–Trinajstić information content (AvgIpc) is 2.78. The first-order valence-corrected chi connectivity index (χ1v) is 9.74. The number of carbonyl (C=O) groups is 3. The molecule has 0 fully saturated rings. The third-order valence-corrected chi connectivity index (χ3v) is 4.41. The van der Waals surface area contributed by atoms with Gasteiger partial charge < -0.3 is 20.9 Å². The van der Waals surface area contributed by atoms with Gasteiger partial charge in [-0.15, -0.1) is 0 Å². The molecule has 7 nitrogen and oxygen atoms in total. The summed E-state index contributed by atoms with van der Waals surface area (Å²) in [6, 6.07) is 22.8. The Bertz CT molecular complexity index is 1080. The van der Waals surface area contributed by atoms with Gasteiger partial charge in [0.05, 0.1) is 6.54 Å². The van der Waals surface area contributed by atoms with Crippen LogP contribution in [0.2, 0.25) is 0 Å². The van der Waals surface area contributed by atoms with Gasteiger partial charge in [0.25, 0.3) is 11.8 Å². The highest BCUT2D eigenvalue weighted by Gasteiger charge is 2.10. The van der Waals surface area contributed by atoms with Gasteiger partial charge in [-0.05, 0) is 48.5 Å². The predicted molar refractivity (Wildman–Crippen MR) is 122 cm³/mol. The van der Waals surface area contributed by atoms with Crippen molar-refractivity contribution in [3.63, 3.8) is 0 Å². The first-order valence-electron chi connectivity index (χ1n) is 9.74. The van der Waals surface area contributed by atoms with E-state index in [2.05, 4.69) is 16.0 Å². The maximum Gasteiger partial charge on any atom is 0.255 e. The standard InChI is InChI=1S/C24H24N4O3/c1-28(2)24(31)18-10-6-12-20(14-18)26-22(29)16-25-19-11-7-13-21(15-19)27-23(30)17-8-4-3-5-9-17/h3-15,25H,16H2,1-2H3,(H,26,29)(H,27,30). The van der Waals surface area contributed by atoms with Crippen molar-refractivity contribution in [3.05, 3.63) is 90.0 Å². The Morgan fingerprint density at radius 3 is 2.03 bits per heavy atom. The molecule has 0 atom stereocenters. The van der Waals surface area contributed by atoms with Crippen LogP contribution in [0.5, 0.6) is 0 Å². The summed E-state index contributed by atoms with van der Waals surface area (Å²) in [6.45, 7) is 0.0297. The van der Waals surface area contributed by atoms with E-state index in [1.54, 1.807) is 80.8 Å². The Morgan fingerprint density at radius 2 is 1.32 bits per heavy atom. The first-order chi connectivity index (χ1) is 14.9. The van der Waals surface area contributed by atoms with E-state index in [1.807, 2.05) is 12.1 Å². The fourth-order valence-corrected chi connectivity index (χ4v) is 2.88. The molecule has 158 valence electrons. The molecular formula is C24H24N4O3. The Labute approximate surface area is 181 Å². The lowest BCUT2D eigenvalue weighted by Crippen LogP contribution is -2.23. The highest BCUT2D eigenvalue weighted by Crippen LogP contribution is 2.16. The third-order valence-electron chi connectivity index (χ3n) is 4.41. The summed E-state index contributed by atoms with van der Waals surface area (Å²) in [4.78, 5) is 38.1. The second kappa shape index (κ2) is 10.1. The fraction of sp³-hybridized carbons (Fsp3) is 0.125. The van der Waals surface area contributed by atoms with Crippen LogP contribution in [0.3, 0.4) is 0 Å².